The Balaban J connectivity index is 2.73. The Morgan fingerprint density at radius 3 is 3.00 bits per heavy atom. The number of aromatic nitrogens is 2. The summed E-state index contributed by atoms with van der Waals surface area (Å²) in [6, 6.07) is 1.58. The Morgan fingerprint density at radius 1 is 1.82 bits per heavy atom. The average molecular weight is 156 g/mol. The number of ketones is 1. The van der Waals surface area contributed by atoms with E-state index in [-0.39, 0.29) is 12.3 Å². The number of carbonyl (C=O) groups excluding carboxylic acids is 1. The summed E-state index contributed by atoms with van der Waals surface area (Å²) < 4.78 is 13.2. The molecule has 1 aromatic heterocycles. The second-order valence-corrected chi connectivity index (χ2v) is 2.21. The van der Waals surface area contributed by atoms with Gasteiger partial charge in [0.2, 0.25) is 0 Å². The molecule has 0 aromatic carbocycles. The van der Waals surface area contributed by atoms with Crippen molar-refractivity contribution in [3.05, 3.63) is 18.0 Å². The van der Waals surface area contributed by atoms with Crippen LogP contribution in [0.5, 0.6) is 0 Å². The van der Waals surface area contributed by atoms with E-state index in [0.29, 0.717) is 5.69 Å². The maximum absolute atomic E-state index is 11.7. The zero-order valence-electron chi connectivity index (χ0n) is 6.25. The third-order valence-electron chi connectivity index (χ3n) is 1.31. The van der Waals surface area contributed by atoms with Crippen LogP contribution in [0.1, 0.15) is 17.4 Å². The molecule has 0 unspecified atom stereocenters. The molecule has 0 amide bonds. The molecule has 0 bridgehead atoms. The van der Waals surface area contributed by atoms with E-state index in [9.17, 15) is 9.18 Å². The van der Waals surface area contributed by atoms with E-state index < -0.39 is 6.67 Å². The van der Waals surface area contributed by atoms with Crippen molar-refractivity contribution >= 4 is 5.78 Å². The molecule has 4 heteroatoms. The number of nitrogens with zero attached hydrogens (tertiary/aromatic N) is 2. The van der Waals surface area contributed by atoms with Crippen LogP contribution in [0.4, 0.5) is 4.39 Å². The normalized spacial score (nSPS) is 10.0. The summed E-state index contributed by atoms with van der Waals surface area (Å²) in [7, 11) is 0. The van der Waals surface area contributed by atoms with Gasteiger partial charge in [-0.1, -0.05) is 0 Å². The highest BCUT2D eigenvalue weighted by molar-refractivity contribution is 5.91. The monoisotopic (exact) mass is 156 g/mol. The molecular formula is C7H9FN2O. The second kappa shape index (κ2) is 3.27. The molecule has 0 aliphatic rings. The van der Waals surface area contributed by atoms with Gasteiger partial charge in [-0.25, -0.2) is 4.39 Å². The molecule has 0 radical (unpaired) electrons. The molecule has 0 aliphatic carbocycles. The van der Waals surface area contributed by atoms with Gasteiger partial charge in [-0.15, -0.1) is 0 Å². The molecule has 0 atom stereocenters. The van der Waals surface area contributed by atoms with E-state index in [1.165, 1.54) is 11.6 Å². The summed E-state index contributed by atoms with van der Waals surface area (Å²) in [6.45, 7) is 1.19. The highest BCUT2D eigenvalue weighted by Crippen LogP contribution is 1.96. The number of alkyl halides is 1. The largest absolute Gasteiger partial charge is 0.293 e. The van der Waals surface area contributed by atoms with Crippen molar-refractivity contribution in [3.63, 3.8) is 0 Å². The third-order valence-corrected chi connectivity index (χ3v) is 1.31. The van der Waals surface area contributed by atoms with E-state index in [0.717, 1.165) is 0 Å². The van der Waals surface area contributed by atoms with Crippen molar-refractivity contribution in [1.82, 2.24) is 9.78 Å². The quantitative estimate of drug-likeness (QED) is 0.613. The lowest BCUT2D eigenvalue weighted by atomic mass is 10.3. The van der Waals surface area contributed by atoms with Gasteiger partial charge in [0.05, 0.1) is 6.54 Å². The minimum Gasteiger partial charge on any atom is -0.293 e. The molecule has 0 spiro atoms. The summed E-state index contributed by atoms with van der Waals surface area (Å²) in [6.07, 6.45) is 1.59. The minimum atomic E-state index is -0.459. The van der Waals surface area contributed by atoms with Crippen LogP contribution in [0.2, 0.25) is 0 Å². The lowest BCUT2D eigenvalue weighted by Crippen LogP contribution is -2.02. The van der Waals surface area contributed by atoms with Gasteiger partial charge >= 0.3 is 0 Å². The average Bonchev–Trinajstić information content (AvgIpc) is 2.37. The SMILES string of the molecule is CC(=O)c1ccn(CCF)n1. The zero-order valence-corrected chi connectivity index (χ0v) is 6.25. The minimum absolute atomic E-state index is 0.0948. The number of hydrogen-bond acceptors (Lipinski definition) is 2. The standard InChI is InChI=1S/C7H9FN2O/c1-6(11)7-2-4-10(9-7)5-3-8/h2,4H,3,5H2,1H3. The van der Waals surface area contributed by atoms with E-state index in [4.69, 9.17) is 0 Å². The van der Waals surface area contributed by atoms with Gasteiger partial charge in [-0.05, 0) is 6.07 Å². The van der Waals surface area contributed by atoms with E-state index in [2.05, 4.69) is 5.10 Å². The Kier molecular flexibility index (Phi) is 2.36. The van der Waals surface area contributed by atoms with Gasteiger partial charge < -0.3 is 0 Å². The predicted octanol–water partition coefficient (Wildman–Crippen LogP) is 1.06. The number of Topliss-reactive ketones (excluding diaryl/α,β-unsaturated/α-hetero) is 1. The molecule has 11 heavy (non-hydrogen) atoms. The van der Waals surface area contributed by atoms with Gasteiger partial charge in [-0.3, -0.25) is 9.48 Å². The van der Waals surface area contributed by atoms with Crippen molar-refractivity contribution < 1.29 is 9.18 Å². The molecule has 1 heterocycles. The second-order valence-electron chi connectivity index (χ2n) is 2.21. The summed E-state index contributed by atoms with van der Waals surface area (Å²) in [5, 5.41) is 3.83. The van der Waals surface area contributed by atoms with Crippen molar-refractivity contribution in [3.8, 4) is 0 Å². The number of hydrogen-bond donors (Lipinski definition) is 0. The van der Waals surface area contributed by atoms with Crippen LogP contribution in [-0.2, 0) is 6.54 Å². The Labute approximate surface area is 63.8 Å². The molecule has 0 saturated heterocycles. The molecule has 1 aromatic rings. The van der Waals surface area contributed by atoms with Gasteiger partial charge in [0, 0.05) is 13.1 Å². The molecule has 3 nitrogen and oxygen atoms in total. The van der Waals surface area contributed by atoms with Crippen molar-refractivity contribution in [2.75, 3.05) is 6.67 Å². The first kappa shape index (κ1) is 7.91. The smallest absolute Gasteiger partial charge is 0.179 e. The van der Waals surface area contributed by atoms with E-state index >= 15 is 0 Å². The zero-order chi connectivity index (χ0) is 8.27. The van der Waals surface area contributed by atoms with Gasteiger partial charge in [0.15, 0.2) is 5.78 Å². The van der Waals surface area contributed by atoms with E-state index in [1.807, 2.05) is 0 Å². The van der Waals surface area contributed by atoms with Crippen LogP contribution in [-0.4, -0.2) is 22.2 Å². The molecule has 0 N–H and O–H groups in total. The Morgan fingerprint density at radius 2 is 2.55 bits per heavy atom. The summed E-state index contributed by atoms with van der Waals surface area (Å²) in [5.41, 5.74) is 0.387. The molecule has 1 rings (SSSR count). The number of carbonyl (C=O) groups is 1. The van der Waals surface area contributed by atoms with Crippen LogP contribution in [0.3, 0.4) is 0 Å². The molecule has 0 aliphatic heterocycles. The lowest BCUT2D eigenvalue weighted by molar-refractivity contribution is 0.101. The number of halogens is 1. The van der Waals surface area contributed by atoms with Crippen LogP contribution in [0, 0.1) is 0 Å². The lowest BCUT2D eigenvalue weighted by Gasteiger charge is -1.92. The highest BCUT2D eigenvalue weighted by atomic mass is 19.1. The fraction of sp³-hybridized carbons (Fsp3) is 0.429. The van der Waals surface area contributed by atoms with Crippen LogP contribution < -0.4 is 0 Å². The van der Waals surface area contributed by atoms with Gasteiger partial charge in [0.25, 0.3) is 0 Å². The van der Waals surface area contributed by atoms with Gasteiger partial charge in [-0.2, -0.15) is 5.10 Å². The summed E-state index contributed by atoms with van der Waals surface area (Å²) in [5.74, 6) is -0.0948. The number of rotatable bonds is 3. The topological polar surface area (TPSA) is 34.9 Å². The van der Waals surface area contributed by atoms with Crippen LogP contribution in [0.25, 0.3) is 0 Å². The maximum atomic E-state index is 11.7. The first-order valence-electron chi connectivity index (χ1n) is 3.34. The van der Waals surface area contributed by atoms with Crippen molar-refractivity contribution in [1.29, 1.82) is 0 Å². The fourth-order valence-electron chi connectivity index (χ4n) is 0.761. The fourth-order valence-corrected chi connectivity index (χ4v) is 0.761. The maximum Gasteiger partial charge on any atom is 0.179 e. The molecular weight excluding hydrogens is 147 g/mol. The van der Waals surface area contributed by atoms with Crippen LogP contribution in [0.15, 0.2) is 12.3 Å². The van der Waals surface area contributed by atoms with Crippen LogP contribution >= 0.6 is 0 Å². The Bertz CT molecular complexity index is 257. The highest BCUT2D eigenvalue weighted by Gasteiger charge is 2.02. The summed E-state index contributed by atoms with van der Waals surface area (Å²) >= 11 is 0. The number of aryl methyl sites for hydroxylation is 1. The molecule has 60 valence electrons. The first-order valence-corrected chi connectivity index (χ1v) is 3.34. The van der Waals surface area contributed by atoms with Crippen molar-refractivity contribution in [2.45, 2.75) is 13.5 Å². The third kappa shape index (κ3) is 1.86. The van der Waals surface area contributed by atoms with Gasteiger partial charge in [0.1, 0.15) is 12.4 Å². The molecule has 0 saturated carbocycles. The predicted molar refractivity (Wildman–Crippen MR) is 38.2 cm³/mol. The summed E-state index contributed by atoms with van der Waals surface area (Å²) in [4.78, 5) is 10.7. The Hall–Kier alpha value is -1.19. The first-order chi connectivity index (χ1) is 5.24. The van der Waals surface area contributed by atoms with E-state index in [1.54, 1.807) is 12.3 Å². The molecule has 0 fully saturated rings. The van der Waals surface area contributed by atoms with Crippen molar-refractivity contribution in [2.24, 2.45) is 0 Å².